The minimum Gasteiger partial charge on any atom is -0.481 e. The van der Waals surface area contributed by atoms with Crippen LogP contribution in [0.2, 0.25) is 18.1 Å². The van der Waals surface area contributed by atoms with Crippen molar-refractivity contribution in [3.8, 4) is 0 Å². The molecule has 0 rings (SSSR count). The second-order valence-electron chi connectivity index (χ2n) is 14.3. The van der Waals surface area contributed by atoms with Gasteiger partial charge in [-0.05, 0) is 50.2 Å². The number of unbranched alkanes of at least 4 members (excludes halogenated alkanes) is 12. The van der Waals surface area contributed by atoms with Crippen LogP contribution >= 0.6 is 0 Å². The number of hydrogen-bond acceptors (Lipinski definition) is 6. The number of esters is 2. The van der Waals surface area contributed by atoms with Gasteiger partial charge in [0.1, 0.15) is 12.2 Å². The summed E-state index contributed by atoms with van der Waals surface area (Å²) in [5, 5.41) is 9.41. The molecule has 0 radical (unpaired) electrons. The molecule has 0 aromatic carbocycles. The second-order valence-corrected chi connectivity index (χ2v) is 19.1. The molecule has 3 atom stereocenters. The van der Waals surface area contributed by atoms with Crippen molar-refractivity contribution in [3.63, 3.8) is 0 Å². The molecule has 0 aromatic rings. The maximum Gasteiger partial charge on any atom is 0.309 e. The molecular formula is C36H70O7Si. The summed E-state index contributed by atoms with van der Waals surface area (Å²) in [6, 6.07) is 0. The molecular weight excluding hydrogens is 572 g/mol. The van der Waals surface area contributed by atoms with E-state index in [-0.39, 0.29) is 36.4 Å². The molecule has 0 amide bonds. The van der Waals surface area contributed by atoms with Gasteiger partial charge < -0.3 is 19.0 Å². The third-order valence-electron chi connectivity index (χ3n) is 8.94. The summed E-state index contributed by atoms with van der Waals surface area (Å²) >= 11 is 0. The highest BCUT2D eigenvalue weighted by molar-refractivity contribution is 6.74. The van der Waals surface area contributed by atoms with Crippen molar-refractivity contribution in [1.29, 1.82) is 0 Å². The summed E-state index contributed by atoms with van der Waals surface area (Å²) in [7, 11) is -2.09. The molecule has 0 aliphatic rings. The van der Waals surface area contributed by atoms with Gasteiger partial charge in [0.05, 0.1) is 25.4 Å². The van der Waals surface area contributed by atoms with E-state index in [2.05, 4.69) is 54.6 Å². The van der Waals surface area contributed by atoms with Gasteiger partial charge in [0, 0.05) is 0 Å². The summed E-state index contributed by atoms with van der Waals surface area (Å²) in [6.45, 7) is 17.6. The molecule has 0 heterocycles. The van der Waals surface area contributed by atoms with Crippen LogP contribution in [-0.2, 0) is 28.3 Å². The highest BCUT2D eigenvalue weighted by atomic mass is 28.4. The molecule has 0 unspecified atom stereocenters. The third kappa shape index (κ3) is 22.1. The minimum atomic E-state index is -2.09. The standard InChI is InChI=1S/C36H70O7Si/c1-9-12-15-18-21-24-30(27-33(37)38)41-34(39)28-31(25-22-19-16-13-10-2)42-35(40)29-32(26-23-20-17-14-11-3)43-44(7,8)36(4,5)6/h30-32H,9-29H2,1-8H3,(H,37,38)/t30-,31-,32-/m1/s1. The lowest BCUT2D eigenvalue weighted by atomic mass is 10.0. The average Bonchev–Trinajstić information content (AvgIpc) is 2.91. The predicted octanol–water partition coefficient (Wildman–Crippen LogP) is 10.5. The Kier molecular flexibility index (Phi) is 24.0. The Morgan fingerprint density at radius 1 is 0.568 bits per heavy atom. The zero-order valence-corrected chi connectivity index (χ0v) is 31.0. The summed E-state index contributed by atoms with van der Waals surface area (Å²) in [5.74, 6) is -1.79. The Morgan fingerprint density at radius 2 is 0.909 bits per heavy atom. The summed E-state index contributed by atoms with van der Waals surface area (Å²) in [6.07, 6.45) is 16.7. The zero-order chi connectivity index (χ0) is 33.4. The molecule has 0 aliphatic heterocycles. The number of carbonyl (C=O) groups is 3. The smallest absolute Gasteiger partial charge is 0.309 e. The number of rotatable bonds is 28. The highest BCUT2D eigenvalue weighted by Crippen LogP contribution is 2.38. The molecule has 0 aromatic heterocycles. The van der Waals surface area contributed by atoms with Crippen LogP contribution in [0, 0.1) is 0 Å². The first kappa shape index (κ1) is 42.6. The van der Waals surface area contributed by atoms with E-state index >= 15 is 0 Å². The SMILES string of the molecule is CCCCCCC[C@H](CC(=O)O)OC(=O)C[C@@H](CCCCCCC)OC(=O)C[C@@H](CCCCCCC)O[Si](C)(C)C(C)(C)C. The van der Waals surface area contributed by atoms with Crippen molar-refractivity contribution in [2.45, 2.75) is 213 Å². The quantitative estimate of drug-likeness (QED) is 0.0515. The first-order chi connectivity index (χ1) is 20.7. The number of carbonyl (C=O) groups excluding carboxylic acids is 2. The fourth-order valence-electron chi connectivity index (χ4n) is 5.16. The number of ether oxygens (including phenoxy) is 2. The molecule has 0 spiro atoms. The van der Waals surface area contributed by atoms with E-state index in [1.807, 2.05) is 0 Å². The molecule has 0 bridgehead atoms. The Labute approximate surface area is 272 Å². The van der Waals surface area contributed by atoms with Crippen molar-refractivity contribution in [2.24, 2.45) is 0 Å². The lowest BCUT2D eigenvalue weighted by molar-refractivity contribution is -0.160. The first-order valence-corrected chi connectivity index (χ1v) is 20.9. The van der Waals surface area contributed by atoms with E-state index in [1.165, 1.54) is 19.3 Å². The molecule has 44 heavy (non-hydrogen) atoms. The number of carboxylic acid groups (broad SMARTS) is 1. The summed E-state index contributed by atoms with van der Waals surface area (Å²) < 4.78 is 18.3. The van der Waals surface area contributed by atoms with Crippen LogP contribution in [0.3, 0.4) is 0 Å². The Balaban J connectivity index is 5.43. The van der Waals surface area contributed by atoms with Crippen molar-refractivity contribution in [1.82, 2.24) is 0 Å². The maximum atomic E-state index is 13.3. The number of hydrogen-bond donors (Lipinski definition) is 1. The van der Waals surface area contributed by atoms with E-state index in [4.69, 9.17) is 13.9 Å². The van der Waals surface area contributed by atoms with Gasteiger partial charge in [-0.3, -0.25) is 14.4 Å². The molecule has 0 saturated carbocycles. The molecule has 0 fully saturated rings. The summed E-state index contributed by atoms with van der Waals surface area (Å²) in [5.41, 5.74) is 0. The fourth-order valence-corrected chi connectivity index (χ4v) is 6.55. The van der Waals surface area contributed by atoms with Crippen LogP contribution in [0.1, 0.15) is 176 Å². The monoisotopic (exact) mass is 642 g/mol. The van der Waals surface area contributed by atoms with Gasteiger partial charge in [0.25, 0.3) is 0 Å². The number of carboxylic acids is 1. The predicted molar refractivity (Wildman–Crippen MR) is 183 cm³/mol. The molecule has 8 heteroatoms. The summed E-state index contributed by atoms with van der Waals surface area (Å²) in [4.78, 5) is 37.8. The third-order valence-corrected chi connectivity index (χ3v) is 13.5. The van der Waals surface area contributed by atoms with Gasteiger partial charge in [-0.2, -0.15) is 0 Å². The van der Waals surface area contributed by atoms with Crippen LogP contribution < -0.4 is 0 Å². The molecule has 0 aliphatic carbocycles. The Bertz CT molecular complexity index is 762. The van der Waals surface area contributed by atoms with Crippen LogP contribution in [0.4, 0.5) is 0 Å². The highest BCUT2D eigenvalue weighted by Gasteiger charge is 2.39. The van der Waals surface area contributed by atoms with Crippen LogP contribution in [0.15, 0.2) is 0 Å². The van der Waals surface area contributed by atoms with Crippen LogP contribution in [-0.4, -0.2) is 49.6 Å². The molecule has 0 saturated heterocycles. The largest absolute Gasteiger partial charge is 0.481 e. The minimum absolute atomic E-state index is 0.0324. The molecule has 1 N–H and O–H groups in total. The van der Waals surface area contributed by atoms with E-state index in [9.17, 15) is 19.5 Å². The lowest BCUT2D eigenvalue weighted by Gasteiger charge is -2.39. The Hall–Kier alpha value is -1.41. The molecule has 260 valence electrons. The van der Waals surface area contributed by atoms with E-state index in [0.717, 1.165) is 83.5 Å². The fraction of sp³-hybridized carbons (Fsp3) is 0.917. The molecule has 7 nitrogen and oxygen atoms in total. The topological polar surface area (TPSA) is 99.1 Å². The van der Waals surface area contributed by atoms with Gasteiger partial charge in [0.15, 0.2) is 8.32 Å². The second kappa shape index (κ2) is 24.8. The van der Waals surface area contributed by atoms with Crippen molar-refractivity contribution in [2.75, 3.05) is 0 Å². The van der Waals surface area contributed by atoms with Gasteiger partial charge in [-0.15, -0.1) is 0 Å². The average molecular weight is 643 g/mol. The maximum absolute atomic E-state index is 13.3. The van der Waals surface area contributed by atoms with Crippen LogP contribution in [0.5, 0.6) is 0 Å². The van der Waals surface area contributed by atoms with Crippen LogP contribution in [0.25, 0.3) is 0 Å². The first-order valence-electron chi connectivity index (χ1n) is 18.0. The van der Waals surface area contributed by atoms with Crippen molar-refractivity contribution >= 4 is 26.2 Å². The Morgan fingerprint density at radius 3 is 1.27 bits per heavy atom. The van der Waals surface area contributed by atoms with Gasteiger partial charge >= 0.3 is 17.9 Å². The normalized spacial score (nSPS) is 14.2. The van der Waals surface area contributed by atoms with E-state index < -0.39 is 32.5 Å². The van der Waals surface area contributed by atoms with Gasteiger partial charge in [-0.1, -0.05) is 125 Å². The zero-order valence-electron chi connectivity index (χ0n) is 30.0. The number of aliphatic carboxylic acids is 1. The van der Waals surface area contributed by atoms with E-state index in [0.29, 0.717) is 12.8 Å². The van der Waals surface area contributed by atoms with Gasteiger partial charge in [-0.25, -0.2) is 0 Å². The van der Waals surface area contributed by atoms with E-state index in [1.54, 1.807) is 0 Å². The van der Waals surface area contributed by atoms with Crippen molar-refractivity contribution in [3.05, 3.63) is 0 Å². The van der Waals surface area contributed by atoms with Gasteiger partial charge in [0.2, 0.25) is 0 Å². The van der Waals surface area contributed by atoms with Crippen molar-refractivity contribution < 1.29 is 33.4 Å². The lowest BCUT2D eigenvalue weighted by Crippen LogP contribution is -2.44.